The number of nitrogens with one attached hydrogen (secondary N) is 1. The molecule has 0 saturated heterocycles. The summed E-state index contributed by atoms with van der Waals surface area (Å²) in [6, 6.07) is 11.4. The molecule has 1 aromatic heterocycles. The Hall–Kier alpha value is -3.20. The van der Waals surface area contributed by atoms with E-state index in [4.69, 9.17) is 4.74 Å². The molecule has 1 aliphatic rings. The second-order valence-electron chi connectivity index (χ2n) is 8.46. The third-order valence-electron chi connectivity index (χ3n) is 5.43. The van der Waals surface area contributed by atoms with Gasteiger partial charge < -0.3 is 19.9 Å². The Kier molecular flexibility index (Phi) is 8.59. The van der Waals surface area contributed by atoms with Crippen LogP contribution < -0.4 is 5.32 Å². The van der Waals surface area contributed by atoms with Crippen molar-refractivity contribution < 1.29 is 19.1 Å². The lowest BCUT2D eigenvalue weighted by Gasteiger charge is -2.21. The highest BCUT2D eigenvalue weighted by molar-refractivity contribution is 5.98. The second kappa shape index (κ2) is 11.6. The average Bonchev–Trinajstić information content (AvgIpc) is 3.16. The number of rotatable bonds is 10. The molecule has 0 fully saturated rings. The van der Waals surface area contributed by atoms with Crippen LogP contribution in [0.3, 0.4) is 0 Å². The van der Waals surface area contributed by atoms with Crippen molar-refractivity contribution in [3.63, 3.8) is 0 Å². The zero-order chi connectivity index (χ0) is 23.8. The van der Waals surface area contributed by atoms with Gasteiger partial charge in [-0.2, -0.15) is 5.10 Å². The molecule has 9 heteroatoms. The van der Waals surface area contributed by atoms with Crippen LogP contribution in [0.2, 0.25) is 0 Å². The molecule has 1 aromatic carbocycles. The molecule has 178 valence electrons. The number of carbonyl (C=O) groups is 3. The molecule has 0 aliphatic carbocycles. The van der Waals surface area contributed by atoms with Crippen molar-refractivity contribution in [3.8, 4) is 0 Å². The first-order valence-corrected chi connectivity index (χ1v) is 11.4. The van der Waals surface area contributed by atoms with Crippen molar-refractivity contribution >= 4 is 17.7 Å². The molecular weight excluding hydrogens is 422 g/mol. The molecule has 3 amide bonds. The van der Waals surface area contributed by atoms with E-state index in [1.165, 1.54) is 0 Å². The number of carbonyl (C=O) groups excluding carboxylic acids is 3. The van der Waals surface area contributed by atoms with Crippen molar-refractivity contribution in [1.82, 2.24) is 24.9 Å². The monoisotopic (exact) mass is 455 g/mol. The molecule has 2 heterocycles. The smallest absolute Gasteiger partial charge is 0.274 e. The maximum atomic E-state index is 13.2. The lowest BCUT2D eigenvalue weighted by Crippen LogP contribution is -2.38. The average molecular weight is 456 g/mol. The van der Waals surface area contributed by atoms with E-state index in [0.29, 0.717) is 38.5 Å². The first-order chi connectivity index (χ1) is 15.9. The van der Waals surface area contributed by atoms with Gasteiger partial charge in [0.25, 0.3) is 11.8 Å². The zero-order valence-electron chi connectivity index (χ0n) is 19.6. The van der Waals surface area contributed by atoms with Gasteiger partial charge in [0, 0.05) is 58.4 Å². The molecule has 2 aromatic rings. The van der Waals surface area contributed by atoms with Gasteiger partial charge in [0.1, 0.15) is 5.69 Å². The fourth-order valence-corrected chi connectivity index (χ4v) is 3.80. The summed E-state index contributed by atoms with van der Waals surface area (Å²) >= 11 is 0. The van der Waals surface area contributed by atoms with E-state index in [9.17, 15) is 14.4 Å². The van der Waals surface area contributed by atoms with E-state index in [-0.39, 0.29) is 42.4 Å². The highest BCUT2D eigenvalue weighted by atomic mass is 16.5. The number of hydrogen-bond donors (Lipinski definition) is 1. The lowest BCUT2D eigenvalue weighted by molar-refractivity contribution is -0.121. The molecule has 0 spiro atoms. The maximum Gasteiger partial charge on any atom is 0.274 e. The molecule has 1 N–H and O–H groups in total. The summed E-state index contributed by atoms with van der Waals surface area (Å²) in [6.45, 7) is 6.41. The number of benzene rings is 1. The third-order valence-corrected chi connectivity index (χ3v) is 5.43. The van der Waals surface area contributed by atoms with Gasteiger partial charge in [0.2, 0.25) is 5.91 Å². The van der Waals surface area contributed by atoms with E-state index in [2.05, 4.69) is 10.4 Å². The third kappa shape index (κ3) is 6.64. The van der Waals surface area contributed by atoms with E-state index < -0.39 is 0 Å². The Balaban J connectivity index is 1.74. The lowest BCUT2D eigenvalue weighted by atomic mass is 10.2. The number of amides is 3. The number of aryl methyl sites for hydroxylation is 1. The molecule has 0 atom stereocenters. The summed E-state index contributed by atoms with van der Waals surface area (Å²) < 4.78 is 6.76. The normalized spacial score (nSPS) is 13.6. The van der Waals surface area contributed by atoms with Crippen LogP contribution in [0, 0.1) is 0 Å². The van der Waals surface area contributed by atoms with Crippen molar-refractivity contribution in [2.24, 2.45) is 0 Å². The second-order valence-corrected chi connectivity index (χ2v) is 8.46. The van der Waals surface area contributed by atoms with Gasteiger partial charge in [0.05, 0.1) is 6.61 Å². The fraction of sp³-hybridized carbons (Fsp3) is 0.500. The Labute approximate surface area is 194 Å². The largest absolute Gasteiger partial charge is 0.383 e. The topological polar surface area (TPSA) is 96.8 Å². The Morgan fingerprint density at radius 3 is 2.64 bits per heavy atom. The predicted molar refractivity (Wildman–Crippen MR) is 124 cm³/mol. The van der Waals surface area contributed by atoms with E-state index >= 15 is 0 Å². The minimum Gasteiger partial charge on any atom is -0.383 e. The molecule has 0 unspecified atom stereocenters. The molecular formula is C24H33N5O4. The van der Waals surface area contributed by atoms with Gasteiger partial charge >= 0.3 is 0 Å². The Bertz CT molecular complexity index is 957. The van der Waals surface area contributed by atoms with Crippen LogP contribution in [-0.2, 0) is 22.6 Å². The van der Waals surface area contributed by atoms with Crippen molar-refractivity contribution in [2.45, 2.75) is 45.8 Å². The quantitative estimate of drug-likeness (QED) is 0.591. The van der Waals surface area contributed by atoms with Crippen molar-refractivity contribution in [3.05, 3.63) is 53.3 Å². The van der Waals surface area contributed by atoms with Crippen molar-refractivity contribution in [2.75, 3.05) is 33.4 Å². The summed E-state index contributed by atoms with van der Waals surface area (Å²) in [6.07, 6.45) is 0.939. The summed E-state index contributed by atoms with van der Waals surface area (Å²) in [4.78, 5) is 41.8. The van der Waals surface area contributed by atoms with E-state index in [0.717, 1.165) is 12.0 Å². The number of hydrogen-bond acceptors (Lipinski definition) is 5. The Morgan fingerprint density at radius 1 is 1.18 bits per heavy atom. The first kappa shape index (κ1) is 24.4. The number of aromatic nitrogens is 2. The minimum absolute atomic E-state index is 0.0364. The van der Waals surface area contributed by atoms with E-state index in [1.807, 2.05) is 44.2 Å². The summed E-state index contributed by atoms with van der Waals surface area (Å²) in [5, 5.41) is 7.28. The first-order valence-electron chi connectivity index (χ1n) is 11.4. The van der Waals surface area contributed by atoms with Gasteiger partial charge in [-0.05, 0) is 25.8 Å². The highest BCUT2D eigenvalue weighted by Gasteiger charge is 2.28. The van der Waals surface area contributed by atoms with Crippen LogP contribution in [0.5, 0.6) is 0 Å². The number of fused-ring (bicyclic) bond motifs is 1. The van der Waals surface area contributed by atoms with Gasteiger partial charge in [-0.25, -0.2) is 0 Å². The van der Waals surface area contributed by atoms with Crippen LogP contribution in [0.4, 0.5) is 0 Å². The maximum absolute atomic E-state index is 13.2. The fourth-order valence-electron chi connectivity index (χ4n) is 3.80. The van der Waals surface area contributed by atoms with Gasteiger partial charge in [0.15, 0.2) is 5.69 Å². The van der Waals surface area contributed by atoms with Crippen LogP contribution in [0.25, 0.3) is 0 Å². The Morgan fingerprint density at radius 2 is 1.94 bits per heavy atom. The van der Waals surface area contributed by atoms with Crippen LogP contribution in [0.1, 0.15) is 53.2 Å². The van der Waals surface area contributed by atoms with Gasteiger partial charge in [-0.3, -0.25) is 19.1 Å². The summed E-state index contributed by atoms with van der Waals surface area (Å²) in [5.74, 6) is -0.567. The predicted octanol–water partition coefficient (Wildman–Crippen LogP) is 1.93. The standard InChI is InChI=1S/C24H33N5O4/c1-18(2)25-22(30)10-13-27(14-15-33-3)23(31)20-16-21-24(32)28(11-7-12-29(21)26-20)17-19-8-5-4-6-9-19/h4-6,8-9,16,18H,7,10-15,17H2,1-3H3,(H,25,30). The van der Waals surface area contributed by atoms with E-state index in [1.54, 1.807) is 27.7 Å². The number of ether oxygens (including phenoxy) is 1. The SMILES string of the molecule is COCCN(CCC(=O)NC(C)C)C(=O)c1cc2n(n1)CCCN(Cc1ccccc1)C2=O. The molecule has 33 heavy (non-hydrogen) atoms. The van der Waals surface area contributed by atoms with Crippen LogP contribution in [-0.4, -0.2) is 76.7 Å². The summed E-state index contributed by atoms with van der Waals surface area (Å²) in [7, 11) is 1.56. The van der Waals surface area contributed by atoms with Gasteiger partial charge in [-0.1, -0.05) is 30.3 Å². The molecule has 0 bridgehead atoms. The van der Waals surface area contributed by atoms with Crippen LogP contribution in [0.15, 0.2) is 36.4 Å². The molecule has 0 saturated carbocycles. The molecule has 0 radical (unpaired) electrons. The zero-order valence-corrected chi connectivity index (χ0v) is 19.6. The van der Waals surface area contributed by atoms with Crippen LogP contribution >= 0.6 is 0 Å². The highest BCUT2D eigenvalue weighted by Crippen LogP contribution is 2.17. The summed E-state index contributed by atoms with van der Waals surface area (Å²) in [5.41, 5.74) is 1.68. The molecule has 1 aliphatic heterocycles. The minimum atomic E-state index is -0.313. The molecule has 9 nitrogen and oxygen atoms in total. The number of methoxy groups -OCH3 is 1. The molecule has 3 rings (SSSR count). The van der Waals surface area contributed by atoms with Gasteiger partial charge in [-0.15, -0.1) is 0 Å². The number of nitrogens with zero attached hydrogens (tertiary/aromatic N) is 4. The van der Waals surface area contributed by atoms with Crippen molar-refractivity contribution in [1.29, 1.82) is 0 Å².